The molecular formula is C22H22N6OS. The minimum absolute atomic E-state index is 0.115. The minimum atomic E-state index is 0.115. The largest absolute Gasteiger partial charge is 0.368 e. The average Bonchev–Trinajstić information content (AvgIpc) is 3.15. The van der Waals surface area contributed by atoms with Crippen LogP contribution in [0.1, 0.15) is 5.56 Å². The minimum Gasteiger partial charge on any atom is -0.368 e. The van der Waals surface area contributed by atoms with E-state index in [1.807, 2.05) is 29.2 Å². The van der Waals surface area contributed by atoms with E-state index in [9.17, 15) is 4.79 Å². The SMILES string of the molecule is Cc1ccc2[nH]c3nc(SCC(=O)N4CCN(c5ccccc5)CC4)nnc3c2c1. The van der Waals surface area contributed by atoms with Crippen molar-refractivity contribution in [3.63, 3.8) is 0 Å². The van der Waals surface area contributed by atoms with E-state index in [4.69, 9.17) is 0 Å². The molecule has 4 aromatic rings. The summed E-state index contributed by atoms with van der Waals surface area (Å²) >= 11 is 1.34. The summed E-state index contributed by atoms with van der Waals surface area (Å²) in [6.45, 7) is 5.20. The first kappa shape index (κ1) is 18.9. The molecule has 7 nitrogen and oxygen atoms in total. The highest BCUT2D eigenvalue weighted by Crippen LogP contribution is 2.24. The van der Waals surface area contributed by atoms with Crippen LogP contribution in [0.4, 0.5) is 5.69 Å². The van der Waals surface area contributed by atoms with Gasteiger partial charge in [-0.15, -0.1) is 10.2 Å². The first-order valence-corrected chi connectivity index (χ1v) is 11.0. The molecule has 2 aromatic carbocycles. The molecular weight excluding hydrogens is 396 g/mol. The maximum absolute atomic E-state index is 12.7. The third-order valence-corrected chi connectivity index (χ3v) is 6.25. The Balaban J connectivity index is 1.21. The van der Waals surface area contributed by atoms with Gasteiger partial charge in [-0.2, -0.15) is 0 Å². The van der Waals surface area contributed by atoms with Crippen LogP contribution in [-0.4, -0.2) is 62.9 Å². The van der Waals surface area contributed by atoms with Gasteiger partial charge in [0.05, 0.1) is 5.75 Å². The lowest BCUT2D eigenvalue weighted by molar-refractivity contribution is -0.128. The van der Waals surface area contributed by atoms with Gasteiger partial charge in [0, 0.05) is 42.8 Å². The molecule has 1 saturated heterocycles. The smallest absolute Gasteiger partial charge is 0.233 e. The van der Waals surface area contributed by atoms with E-state index < -0.39 is 0 Å². The highest BCUT2D eigenvalue weighted by molar-refractivity contribution is 7.99. The zero-order valence-electron chi connectivity index (χ0n) is 16.7. The monoisotopic (exact) mass is 418 g/mol. The lowest BCUT2D eigenvalue weighted by atomic mass is 10.2. The zero-order chi connectivity index (χ0) is 20.5. The summed E-state index contributed by atoms with van der Waals surface area (Å²) in [5.74, 6) is 0.432. The van der Waals surface area contributed by atoms with Gasteiger partial charge in [0.15, 0.2) is 5.65 Å². The standard InChI is InChI=1S/C22H22N6OS/c1-15-7-8-18-17(13-15)20-21(23-18)24-22(26-25-20)30-14-19(29)28-11-9-27(10-12-28)16-5-3-2-4-6-16/h2-8,13H,9-12,14H2,1H3,(H,23,24,26). The molecule has 0 saturated carbocycles. The second-order valence-corrected chi connectivity index (χ2v) is 8.40. The van der Waals surface area contributed by atoms with Crippen LogP contribution in [-0.2, 0) is 4.79 Å². The van der Waals surface area contributed by atoms with Crippen LogP contribution in [0, 0.1) is 6.92 Å². The number of rotatable bonds is 4. The summed E-state index contributed by atoms with van der Waals surface area (Å²) in [5.41, 5.74) is 4.84. The number of piperazine rings is 1. The number of carbonyl (C=O) groups is 1. The molecule has 1 aliphatic rings. The molecule has 1 amide bonds. The molecule has 0 unspecified atom stereocenters. The zero-order valence-corrected chi connectivity index (χ0v) is 17.5. The number of fused-ring (bicyclic) bond motifs is 3. The number of nitrogens with zero attached hydrogens (tertiary/aromatic N) is 5. The summed E-state index contributed by atoms with van der Waals surface area (Å²) in [5, 5.41) is 10.1. The molecule has 1 fully saturated rings. The fraction of sp³-hybridized carbons (Fsp3) is 0.273. The Morgan fingerprint density at radius 1 is 1.07 bits per heavy atom. The molecule has 2 aromatic heterocycles. The number of hydrogen-bond donors (Lipinski definition) is 1. The first-order chi connectivity index (χ1) is 14.7. The second kappa shape index (κ2) is 7.95. The van der Waals surface area contributed by atoms with Gasteiger partial charge in [-0.05, 0) is 31.2 Å². The number of carbonyl (C=O) groups excluding carboxylic acids is 1. The van der Waals surface area contributed by atoms with Crippen LogP contribution < -0.4 is 4.90 Å². The van der Waals surface area contributed by atoms with Crippen LogP contribution in [0.15, 0.2) is 53.7 Å². The Hall–Kier alpha value is -3.13. The number of hydrogen-bond acceptors (Lipinski definition) is 6. The Morgan fingerprint density at radius 2 is 1.87 bits per heavy atom. The average molecular weight is 419 g/mol. The third kappa shape index (κ3) is 3.70. The quantitative estimate of drug-likeness (QED) is 0.513. The predicted molar refractivity (Wildman–Crippen MR) is 120 cm³/mol. The lowest BCUT2D eigenvalue weighted by Crippen LogP contribution is -2.49. The molecule has 3 heterocycles. The number of para-hydroxylation sites is 1. The number of nitrogens with one attached hydrogen (secondary N) is 1. The van der Waals surface area contributed by atoms with Gasteiger partial charge < -0.3 is 14.8 Å². The summed E-state index contributed by atoms with van der Waals surface area (Å²) < 4.78 is 0. The molecule has 1 N–H and O–H groups in total. The third-order valence-electron chi connectivity index (χ3n) is 5.43. The molecule has 30 heavy (non-hydrogen) atoms. The van der Waals surface area contributed by atoms with Crippen molar-refractivity contribution in [3.05, 3.63) is 54.1 Å². The van der Waals surface area contributed by atoms with Crippen molar-refractivity contribution >= 4 is 45.4 Å². The van der Waals surface area contributed by atoms with Gasteiger partial charge in [-0.25, -0.2) is 4.98 Å². The van der Waals surface area contributed by atoms with Crippen LogP contribution in [0.25, 0.3) is 22.1 Å². The maximum Gasteiger partial charge on any atom is 0.233 e. The summed E-state index contributed by atoms with van der Waals surface area (Å²) in [6, 6.07) is 16.5. The van der Waals surface area contributed by atoms with Gasteiger partial charge in [0.1, 0.15) is 5.52 Å². The highest BCUT2D eigenvalue weighted by Gasteiger charge is 2.21. The van der Waals surface area contributed by atoms with Gasteiger partial charge in [0.2, 0.25) is 11.1 Å². The summed E-state index contributed by atoms with van der Waals surface area (Å²) in [4.78, 5) is 24.8. The lowest BCUT2D eigenvalue weighted by Gasteiger charge is -2.36. The predicted octanol–water partition coefficient (Wildman–Crippen LogP) is 3.26. The van der Waals surface area contributed by atoms with E-state index >= 15 is 0 Å². The van der Waals surface area contributed by atoms with Crippen LogP contribution in [0.3, 0.4) is 0 Å². The molecule has 8 heteroatoms. The van der Waals surface area contributed by atoms with Gasteiger partial charge in [-0.3, -0.25) is 4.79 Å². The van der Waals surface area contributed by atoms with Gasteiger partial charge >= 0.3 is 0 Å². The molecule has 0 atom stereocenters. The van der Waals surface area contributed by atoms with E-state index in [1.165, 1.54) is 23.0 Å². The van der Waals surface area contributed by atoms with Crippen molar-refractivity contribution < 1.29 is 4.79 Å². The van der Waals surface area contributed by atoms with Crippen molar-refractivity contribution in [2.45, 2.75) is 12.1 Å². The maximum atomic E-state index is 12.7. The normalized spacial score (nSPS) is 14.6. The molecule has 5 rings (SSSR count). The number of thioether (sulfide) groups is 1. The van der Waals surface area contributed by atoms with E-state index in [1.54, 1.807) is 0 Å². The fourth-order valence-corrected chi connectivity index (χ4v) is 4.49. The Kier molecular flexibility index (Phi) is 5.00. The van der Waals surface area contributed by atoms with E-state index in [-0.39, 0.29) is 5.91 Å². The molecule has 152 valence electrons. The highest BCUT2D eigenvalue weighted by atomic mass is 32.2. The van der Waals surface area contributed by atoms with Crippen LogP contribution >= 0.6 is 11.8 Å². The van der Waals surface area contributed by atoms with Gasteiger partial charge in [-0.1, -0.05) is 41.6 Å². The topological polar surface area (TPSA) is 78.0 Å². The van der Waals surface area contributed by atoms with Crippen molar-refractivity contribution in [1.29, 1.82) is 0 Å². The molecule has 0 bridgehead atoms. The molecule has 0 aliphatic carbocycles. The van der Waals surface area contributed by atoms with Crippen molar-refractivity contribution in [2.24, 2.45) is 0 Å². The number of H-pyrrole nitrogens is 1. The van der Waals surface area contributed by atoms with E-state index in [2.05, 4.69) is 56.3 Å². The van der Waals surface area contributed by atoms with Crippen LogP contribution in [0.5, 0.6) is 0 Å². The van der Waals surface area contributed by atoms with Crippen molar-refractivity contribution in [1.82, 2.24) is 25.1 Å². The van der Waals surface area contributed by atoms with Crippen LogP contribution in [0.2, 0.25) is 0 Å². The number of benzene rings is 2. The van der Waals surface area contributed by atoms with E-state index in [0.29, 0.717) is 16.6 Å². The van der Waals surface area contributed by atoms with Crippen molar-refractivity contribution in [2.75, 3.05) is 36.8 Å². The molecule has 0 spiro atoms. The first-order valence-electron chi connectivity index (χ1n) is 10.0. The number of aromatic nitrogens is 4. The Morgan fingerprint density at radius 3 is 2.67 bits per heavy atom. The molecule has 1 aliphatic heterocycles. The summed E-state index contributed by atoms with van der Waals surface area (Å²) in [7, 11) is 0. The Labute approximate surface area is 178 Å². The second-order valence-electron chi connectivity index (χ2n) is 7.46. The van der Waals surface area contributed by atoms with Gasteiger partial charge in [0.25, 0.3) is 0 Å². The number of anilines is 1. The fourth-order valence-electron chi connectivity index (χ4n) is 3.80. The Bertz CT molecular complexity index is 1200. The number of aromatic amines is 1. The number of amides is 1. The van der Waals surface area contributed by atoms with Crippen molar-refractivity contribution in [3.8, 4) is 0 Å². The number of aryl methyl sites for hydroxylation is 1. The molecule has 0 radical (unpaired) electrons. The summed E-state index contributed by atoms with van der Waals surface area (Å²) in [6.07, 6.45) is 0. The van der Waals surface area contributed by atoms with E-state index in [0.717, 1.165) is 42.6 Å².